The SMILES string of the molecule is C/C(=C/C(C)C)c1ccccc1. The summed E-state index contributed by atoms with van der Waals surface area (Å²) in [5.41, 5.74) is 2.69. The van der Waals surface area contributed by atoms with E-state index in [1.165, 1.54) is 11.1 Å². The average molecular weight is 160 g/mol. The van der Waals surface area contributed by atoms with Crippen molar-refractivity contribution in [3.05, 3.63) is 42.0 Å². The third-order valence-electron chi connectivity index (χ3n) is 1.81. The molecule has 0 aliphatic carbocycles. The van der Waals surface area contributed by atoms with Crippen LogP contribution in [0.2, 0.25) is 0 Å². The molecule has 0 aliphatic rings. The Hall–Kier alpha value is -1.04. The van der Waals surface area contributed by atoms with Crippen molar-refractivity contribution in [2.45, 2.75) is 20.8 Å². The molecule has 0 fully saturated rings. The van der Waals surface area contributed by atoms with Gasteiger partial charge in [0.05, 0.1) is 0 Å². The van der Waals surface area contributed by atoms with E-state index in [0.717, 1.165) is 0 Å². The molecular formula is C12H16. The van der Waals surface area contributed by atoms with Gasteiger partial charge in [0.2, 0.25) is 0 Å². The van der Waals surface area contributed by atoms with Crippen LogP contribution in [0.4, 0.5) is 0 Å². The molecule has 0 N–H and O–H groups in total. The fourth-order valence-corrected chi connectivity index (χ4v) is 1.30. The molecule has 0 saturated heterocycles. The standard InChI is InChI=1S/C12H16/c1-10(2)9-11(3)12-7-5-4-6-8-12/h4-10H,1-3H3/b11-9-. The van der Waals surface area contributed by atoms with Gasteiger partial charge < -0.3 is 0 Å². The van der Waals surface area contributed by atoms with Crippen molar-refractivity contribution >= 4 is 5.57 Å². The van der Waals surface area contributed by atoms with E-state index < -0.39 is 0 Å². The zero-order valence-corrected chi connectivity index (χ0v) is 8.04. The molecule has 0 unspecified atom stereocenters. The van der Waals surface area contributed by atoms with Gasteiger partial charge in [0, 0.05) is 0 Å². The fraction of sp³-hybridized carbons (Fsp3) is 0.333. The van der Waals surface area contributed by atoms with Crippen molar-refractivity contribution in [2.75, 3.05) is 0 Å². The monoisotopic (exact) mass is 160 g/mol. The minimum atomic E-state index is 0.630. The van der Waals surface area contributed by atoms with E-state index in [1.807, 2.05) is 6.07 Å². The first kappa shape index (κ1) is 9.05. The molecule has 1 aromatic rings. The maximum absolute atomic E-state index is 2.29. The van der Waals surface area contributed by atoms with Gasteiger partial charge >= 0.3 is 0 Å². The maximum Gasteiger partial charge on any atom is -0.0230 e. The van der Waals surface area contributed by atoms with Crippen molar-refractivity contribution in [2.24, 2.45) is 5.92 Å². The average Bonchev–Trinajstić information content (AvgIpc) is 2.05. The summed E-state index contributed by atoms with van der Waals surface area (Å²) in [5.74, 6) is 0.630. The minimum absolute atomic E-state index is 0.630. The van der Waals surface area contributed by atoms with E-state index in [9.17, 15) is 0 Å². The van der Waals surface area contributed by atoms with E-state index in [-0.39, 0.29) is 0 Å². The zero-order valence-electron chi connectivity index (χ0n) is 8.04. The van der Waals surface area contributed by atoms with E-state index in [2.05, 4.69) is 51.1 Å². The molecule has 0 radical (unpaired) electrons. The van der Waals surface area contributed by atoms with Crippen LogP contribution in [0.1, 0.15) is 26.3 Å². The van der Waals surface area contributed by atoms with E-state index in [1.54, 1.807) is 0 Å². The molecule has 0 amide bonds. The Balaban J connectivity index is 2.85. The van der Waals surface area contributed by atoms with Crippen LogP contribution in [0.15, 0.2) is 36.4 Å². The van der Waals surface area contributed by atoms with Crippen LogP contribution < -0.4 is 0 Å². The van der Waals surface area contributed by atoms with Crippen molar-refractivity contribution in [1.29, 1.82) is 0 Å². The molecule has 0 atom stereocenters. The molecule has 0 heteroatoms. The van der Waals surface area contributed by atoms with Crippen LogP contribution in [0.5, 0.6) is 0 Å². The van der Waals surface area contributed by atoms with Crippen molar-refractivity contribution in [1.82, 2.24) is 0 Å². The highest BCUT2D eigenvalue weighted by Crippen LogP contribution is 2.14. The molecule has 64 valence electrons. The smallest absolute Gasteiger partial charge is 0.0230 e. The number of hydrogen-bond acceptors (Lipinski definition) is 0. The molecule has 0 heterocycles. The summed E-state index contributed by atoms with van der Waals surface area (Å²) in [6.45, 7) is 6.56. The molecule has 1 rings (SSSR count). The molecule has 12 heavy (non-hydrogen) atoms. The third kappa shape index (κ3) is 2.54. The van der Waals surface area contributed by atoms with Crippen LogP contribution in [-0.2, 0) is 0 Å². The highest BCUT2D eigenvalue weighted by molar-refractivity contribution is 5.63. The van der Waals surface area contributed by atoms with Gasteiger partial charge in [-0.25, -0.2) is 0 Å². The Labute approximate surface area is 74.9 Å². The van der Waals surface area contributed by atoms with Gasteiger partial charge in [0.15, 0.2) is 0 Å². The summed E-state index contributed by atoms with van der Waals surface area (Å²) in [6.07, 6.45) is 2.29. The van der Waals surface area contributed by atoms with E-state index >= 15 is 0 Å². The second-order valence-corrected chi connectivity index (χ2v) is 3.46. The van der Waals surface area contributed by atoms with Crippen LogP contribution >= 0.6 is 0 Å². The van der Waals surface area contributed by atoms with Gasteiger partial charge in [-0.2, -0.15) is 0 Å². The summed E-state index contributed by atoms with van der Waals surface area (Å²) in [6, 6.07) is 10.5. The lowest BCUT2D eigenvalue weighted by molar-refractivity contribution is 0.833. The molecule has 0 aromatic heterocycles. The molecular weight excluding hydrogens is 144 g/mol. The highest BCUT2D eigenvalue weighted by atomic mass is 14.0. The maximum atomic E-state index is 2.29. The van der Waals surface area contributed by atoms with Crippen LogP contribution in [0, 0.1) is 5.92 Å². The summed E-state index contributed by atoms with van der Waals surface area (Å²) in [7, 11) is 0. The van der Waals surface area contributed by atoms with E-state index in [0.29, 0.717) is 5.92 Å². The van der Waals surface area contributed by atoms with Gasteiger partial charge in [0.1, 0.15) is 0 Å². The first-order valence-corrected chi connectivity index (χ1v) is 4.44. The number of benzene rings is 1. The minimum Gasteiger partial charge on any atom is -0.0784 e. The Morgan fingerprint density at radius 2 is 1.75 bits per heavy atom. The lowest BCUT2D eigenvalue weighted by atomic mass is 10.0. The topological polar surface area (TPSA) is 0 Å². The normalized spacial score (nSPS) is 12.2. The van der Waals surface area contributed by atoms with Gasteiger partial charge in [-0.3, -0.25) is 0 Å². The summed E-state index contributed by atoms with van der Waals surface area (Å²) < 4.78 is 0. The lowest BCUT2D eigenvalue weighted by Crippen LogP contribution is -1.83. The summed E-state index contributed by atoms with van der Waals surface area (Å²) >= 11 is 0. The summed E-state index contributed by atoms with van der Waals surface area (Å²) in [5, 5.41) is 0. The highest BCUT2D eigenvalue weighted by Gasteiger charge is 1.94. The van der Waals surface area contributed by atoms with Crippen molar-refractivity contribution < 1.29 is 0 Å². The molecule has 0 aliphatic heterocycles. The molecule has 1 aromatic carbocycles. The second kappa shape index (κ2) is 4.10. The first-order valence-electron chi connectivity index (χ1n) is 4.44. The summed E-state index contributed by atoms with van der Waals surface area (Å²) in [4.78, 5) is 0. The largest absolute Gasteiger partial charge is 0.0784 e. The van der Waals surface area contributed by atoms with Gasteiger partial charge in [0.25, 0.3) is 0 Å². The fourth-order valence-electron chi connectivity index (χ4n) is 1.30. The van der Waals surface area contributed by atoms with E-state index in [4.69, 9.17) is 0 Å². The lowest BCUT2D eigenvalue weighted by Gasteiger charge is -2.02. The molecule has 0 saturated carbocycles. The molecule has 0 bridgehead atoms. The number of rotatable bonds is 2. The van der Waals surface area contributed by atoms with Crippen LogP contribution in [0.3, 0.4) is 0 Å². The molecule has 0 spiro atoms. The predicted octanol–water partition coefficient (Wildman–Crippen LogP) is 3.75. The quantitative estimate of drug-likeness (QED) is 0.618. The van der Waals surface area contributed by atoms with Gasteiger partial charge in [-0.1, -0.05) is 50.3 Å². The Morgan fingerprint density at radius 3 is 2.25 bits per heavy atom. The third-order valence-corrected chi connectivity index (χ3v) is 1.81. The van der Waals surface area contributed by atoms with Crippen LogP contribution in [0.25, 0.3) is 5.57 Å². The Kier molecular flexibility index (Phi) is 3.09. The van der Waals surface area contributed by atoms with Crippen molar-refractivity contribution in [3.8, 4) is 0 Å². The van der Waals surface area contributed by atoms with Gasteiger partial charge in [-0.15, -0.1) is 0 Å². The number of allylic oxidation sites excluding steroid dienone is 2. The van der Waals surface area contributed by atoms with Crippen LogP contribution in [-0.4, -0.2) is 0 Å². The predicted molar refractivity (Wildman–Crippen MR) is 54.9 cm³/mol. The second-order valence-electron chi connectivity index (χ2n) is 3.46. The zero-order chi connectivity index (χ0) is 8.97. The molecule has 0 nitrogen and oxygen atoms in total. The van der Waals surface area contributed by atoms with Gasteiger partial charge in [-0.05, 0) is 24.0 Å². The van der Waals surface area contributed by atoms with Crippen molar-refractivity contribution in [3.63, 3.8) is 0 Å². The first-order chi connectivity index (χ1) is 5.70. The Bertz CT molecular complexity index is 255. The number of hydrogen-bond donors (Lipinski definition) is 0. The Morgan fingerprint density at radius 1 is 1.17 bits per heavy atom.